The molecule has 18 aromatic carbocycles. The van der Waals surface area contributed by atoms with Gasteiger partial charge in [-0.25, -0.2) is 0 Å². The van der Waals surface area contributed by atoms with Crippen LogP contribution in [0.2, 0.25) is 0 Å². The van der Waals surface area contributed by atoms with Crippen LogP contribution in [0, 0.1) is 18.2 Å². The van der Waals surface area contributed by atoms with E-state index in [9.17, 15) is 9.59 Å². The number of aliphatic hydroxyl groups excluding tert-OH is 2. The summed E-state index contributed by atoms with van der Waals surface area (Å²) in [5.41, 5.74) is 28.2. The number of benzene rings is 18. The van der Waals surface area contributed by atoms with E-state index in [1.54, 1.807) is 0 Å². The maximum atomic E-state index is 10.0. The van der Waals surface area contributed by atoms with E-state index >= 15 is 0 Å². The maximum absolute atomic E-state index is 10.0. The third-order valence-corrected chi connectivity index (χ3v) is 36.0. The number of para-hydroxylation sites is 3. The minimum absolute atomic E-state index is 0. The van der Waals surface area contributed by atoms with Crippen LogP contribution in [0.1, 0.15) is 178 Å². The fraction of sp³-hybridized carbons (Fsp3) is 0.165. The summed E-state index contributed by atoms with van der Waals surface area (Å²) in [5.74, 6) is -0.125. The first-order chi connectivity index (χ1) is 68.7. The number of nitrogens with zero attached hydrogens (tertiary/aromatic N) is 4. The molecule has 27 rings (SSSR count). The Morgan fingerprint density at radius 1 is 0.260 bits per heavy atom. The molecule has 8 nitrogen and oxygen atoms in total. The average molecular weight is 2470 g/mol. The van der Waals surface area contributed by atoms with Crippen molar-refractivity contribution in [3.8, 4) is 33.8 Å². The fourth-order valence-electron chi connectivity index (χ4n) is 23.3. The van der Waals surface area contributed by atoms with Gasteiger partial charge in [-0.15, -0.1) is 75.3 Å². The number of fused-ring (bicyclic) bond motifs is 21. The molecule has 3 radical (unpaired) electrons. The Kier molecular flexibility index (Phi) is 26.0. The van der Waals surface area contributed by atoms with Crippen LogP contribution in [0.5, 0.6) is 0 Å². The van der Waals surface area contributed by atoms with E-state index in [4.69, 9.17) is 25.2 Å². The second kappa shape index (κ2) is 37.9. The number of carbonyl (C=O) groups is 2. The number of allylic oxidation sites excluding steroid dienone is 4. The van der Waals surface area contributed by atoms with E-state index in [0.717, 1.165) is 66.5 Å². The molecule has 0 bridgehead atoms. The van der Waals surface area contributed by atoms with Crippen molar-refractivity contribution in [3.63, 3.8) is 0 Å². The van der Waals surface area contributed by atoms with Gasteiger partial charge in [0, 0.05) is 94.7 Å². The van der Waals surface area contributed by atoms with Gasteiger partial charge in [0.05, 0.1) is 28.1 Å². The minimum Gasteiger partial charge on any atom is -0.512 e. The first-order valence-electron chi connectivity index (χ1n) is 49.5. The molecule has 0 saturated heterocycles. The van der Waals surface area contributed by atoms with Crippen molar-refractivity contribution in [2.45, 2.75) is 143 Å². The Morgan fingerprint density at radius 2 is 0.486 bits per heavy atom. The molecule has 2 atom stereocenters. The Hall–Kier alpha value is -13.2. The third kappa shape index (κ3) is 16.9. The van der Waals surface area contributed by atoms with Gasteiger partial charge in [-0.2, -0.15) is 0 Å². The van der Waals surface area contributed by atoms with Crippen LogP contribution in [0.15, 0.2) is 369 Å². The monoisotopic (exact) mass is 2470 g/mol. The third-order valence-electron chi connectivity index (χ3n) is 30.8. The van der Waals surface area contributed by atoms with Crippen LogP contribution < -0.4 is 36.7 Å². The van der Waals surface area contributed by atoms with Crippen molar-refractivity contribution in [2.24, 2.45) is 0 Å². The van der Waals surface area contributed by atoms with Crippen LogP contribution in [-0.2, 0) is 102 Å². The molecule has 2 N–H and O–H groups in total. The summed E-state index contributed by atoms with van der Waals surface area (Å²) in [7, 11) is -1.55. The topological polar surface area (TPSA) is 117 Å². The number of ketones is 2. The smallest absolute Gasteiger partial charge is 0.155 e. The van der Waals surface area contributed by atoms with Crippen LogP contribution >= 0.6 is 15.8 Å². The number of hydrogen-bond donors (Lipinski definition) is 2. The predicted octanol–water partition coefficient (Wildman–Crippen LogP) is 30.9. The standard InChI is InChI=1S/C41H31N2.2C41H31NP.2C5H8O2.3Ir/c3*1-40(2)31-19-26-12-5-7-14-28(26)23-37(31)43-38-24-29-15-8-6-13-27(29)20-32(38)41(3,4)34-22-30(21-33(40)39(34)43)36-18-17-25-11-9-10-16-35(25)42-36;2*1-4(6)3-5(2)7;;;/h3*5-21,23-24H,1-4H3;2*3,6H,1-2H3;;;/q3*-1;;;;;. The number of anilines is 3. The summed E-state index contributed by atoms with van der Waals surface area (Å²) in [5, 5.41) is 44.7. The van der Waals surface area contributed by atoms with Crippen molar-refractivity contribution in [2.75, 3.05) is 4.90 Å². The van der Waals surface area contributed by atoms with Crippen molar-refractivity contribution in [1.82, 2.24) is 15.0 Å². The zero-order valence-electron chi connectivity index (χ0n) is 84.5. The van der Waals surface area contributed by atoms with E-state index in [1.807, 2.05) is 0 Å². The normalized spacial score (nSPS) is 16.0. The largest absolute Gasteiger partial charge is 0.512 e. The quantitative estimate of drug-likeness (QED) is 0.0758. The Labute approximate surface area is 897 Å². The molecule has 0 amide bonds. The molecular formula is C133H109Ir3N4O4P2-3. The first kappa shape index (κ1) is 100. The van der Waals surface area contributed by atoms with Gasteiger partial charge < -0.3 is 15.1 Å². The number of carbonyl (C=O) groups excluding carboxylic acids is 2. The summed E-state index contributed by atoms with van der Waals surface area (Å²) in [4.78, 5) is 38.0. The molecule has 6 aliphatic rings. The zero-order chi connectivity index (χ0) is 99.0. The predicted molar refractivity (Wildman–Crippen MR) is 602 cm³/mol. The van der Waals surface area contributed by atoms with Crippen molar-refractivity contribution in [3.05, 3.63) is 454 Å². The summed E-state index contributed by atoms with van der Waals surface area (Å²) in [6.07, 6.45) is 2.33. The van der Waals surface area contributed by atoms with Gasteiger partial charge in [0.2, 0.25) is 0 Å². The van der Waals surface area contributed by atoms with Gasteiger partial charge in [0.15, 0.2) is 11.6 Å². The van der Waals surface area contributed by atoms with E-state index < -0.39 is 15.8 Å². The van der Waals surface area contributed by atoms with Crippen LogP contribution in [-0.4, -0.2) is 36.7 Å². The van der Waals surface area contributed by atoms with E-state index in [0.29, 0.717) is 0 Å². The molecule has 146 heavy (non-hydrogen) atoms. The number of aliphatic hydroxyl groups is 2. The number of rotatable bonds is 5. The van der Waals surface area contributed by atoms with Gasteiger partial charge in [-0.3, -0.25) is 24.5 Å². The van der Waals surface area contributed by atoms with Gasteiger partial charge >= 0.3 is 0 Å². The summed E-state index contributed by atoms with van der Waals surface area (Å²) >= 11 is 0. The minimum atomic E-state index is -0.776. The Balaban J connectivity index is 0.000000123. The molecule has 21 aromatic rings. The molecule has 9 heterocycles. The maximum Gasteiger partial charge on any atom is 0.155 e. The molecular weight excluding hydrogens is 2360 g/mol. The molecule has 6 aliphatic heterocycles. The van der Waals surface area contributed by atoms with E-state index in [-0.39, 0.29) is 116 Å². The van der Waals surface area contributed by atoms with Crippen molar-refractivity contribution >= 4 is 174 Å². The van der Waals surface area contributed by atoms with Gasteiger partial charge in [-0.05, 0) is 299 Å². The SMILES string of the molecule is CC(=O)C=C(C)O.CC(=O)C=C(C)O.CC1(C)c2[c-]c(-c3ccc4ccccc4n3)cc3c2N(c2cc4ccccc4cc21)c1cc2ccccc2cc1C3(C)C.CC1(C)c2[c-]c(-c3ccc4ccccc4n3)cc3c2P(c2cc4ccccc4cc21)c1cc2ccccc2cc1C3(C)C.CC1(C)c2[c-]c(-c3ccc4ccccc4n3)cc3c2P(c2cc4ccccc4cc21)c1cc2ccccc2cc1C3(C)C.[Ir].[Ir].[Ir]. The average Bonchev–Trinajstić information content (AvgIpc) is 0.688. The molecule has 0 saturated carbocycles. The second-order valence-corrected chi connectivity index (χ2v) is 46.6. The molecule has 0 spiro atoms. The van der Waals surface area contributed by atoms with Crippen molar-refractivity contribution in [1.29, 1.82) is 0 Å². The molecule has 0 aliphatic carbocycles. The van der Waals surface area contributed by atoms with Crippen LogP contribution in [0.25, 0.3) is 131 Å². The fourth-order valence-corrected chi connectivity index (χ4v) is 30.5. The molecule has 13 heteroatoms. The Bertz CT molecular complexity index is 7920. The molecule has 0 fully saturated rings. The number of hydrogen-bond acceptors (Lipinski definition) is 8. The van der Waals surface area contributed by atoms with Crippen LogP contribution in [0.3, 0.4) is 0 Å². The summed E-state index contributed by atoms with van der Waals surface area (Å²) in [6.45, 7) is 34.5. The molecule has 2 unspecified atom stereocenters. The van der Waals surface area contributed by atoms with Gasteiger partial charge in [0.1, 0.15) is 0 Å². The Morgan fingerprint density at radius 3 is 0.767 bits per heavy atom. The summed E-state index contributed by atoms with van der Waals surface area (Å²) in [6, 6.07) is 140. The number of aromatic nitrogens is 3. The van der Waals surface area contributed by atoms with E-state index in [1.165, 1.54) is 220 Å². The zero-order valence-corrected chi connectivity index (χ0v) is 93.4. The molecule has 3 aromatic heterocycles. The van der Waals surface area contributed by atoms with Gasteiger partial charge in [0.25, 0.3) is 0 Å². The van der Waals surface area contributed by atoms with Crippen LogP contribution in [0.4, 0.5) is 17.1 Å². The molecule has 725 valence electrons. The van der Waals surface area contributed by atoms with Gasteiger partial charge in [-0.1, -0.05) is 357 Å². The van der Waals surface area contributed by atoms with Crippen molar-refractivity contribution < 1.29 is 80.1 Å². The number of pyridine rings is 3. The van der Waals surface area contributed by atoms with E-state index in [2.05, 4.69) is 452 Å². The second-order valence-electron chi connectivity index (χ2n) is 42.5. The summed E-state index contributed by atoms with van der Waals surface area (Å²) < 4.78 is 0. The first-order valence-corrected chi connectivity index (χ1v) is 52.1.